The molecule has 0 fully saturated rings. The Balaban J connectivity index is 1.99. The van der Waals surface area contributed by atoms with Crippen LogP contribution in [0.3, 0.4) is 0 Å². The van der Waals surface area contributed by atoms with E-state index in [-0.39, 0.29) is 0 Å². The zero-order valence-corrected chi connectivity index (χ0v) is 12.6. The van der Waals surface area contributed by atoms with Crippen LogP contribution in [0.4, 0.5) is 5.69 Å². The molecule has 1 heterocycles. The predicted octanol–water partition coefficient (Wildman–Crippen LogP) is 5.07. The minimum absolute atomic E-state index is 0.943. The molecule has 0 saturated heterocycles. The third kappa shape index (κ3) is 2.67. The van der Waals surface area contributed by atoms with Crippen molar-refractivity contribution in [2.75, 3.05) is 0 Å². The monoisotopic (exact) mass is 296 g/mol. The van der Waals surface area contributed by atoms with Crippen LogP contribution < -0.4 is 5.36 Å². The Morgan fingerprint density at radius 1 is 0.652 bits per heavy atom. The molecular formula is C21H16N2. The van der Waals surface area contributed by atoms with Gasteiger partial charge in [0.25, 0.3) is 0 Å². The molecule has 0 amide bonds. The van der Waals surface area contributed by atoms with E-state index in [1.54, 1.807) is 0 Å². The van der Waals surface area contributed by atoms with Gasteiger partial charge in [0.05, 0.1) is 16.6 Å². The van der Waals surface area contributed by atoms with E-state index in [0.29, 0.717) is 0 Å². The summed E-state index contributed by atoms with van der Waals surface area (Å²) < 4.78 is 0. The van der Waals surface area contributed by atoms with Crippen LogP contribution >= 0.6 is 0 Å². The largest absolute Gasteiger partial charge is 0.359 e. The quantitative estimate of drug-likeness (QED) is 0.535. The van der Waals surface area contributed by atoms with Crippen molar-refractivity contribution in [1.82, 2.24) is 4.98 Å². The van der Waals surface area contributed by atoms with Crippen molar-refractivity contribution in [3.05, 3.63) is 96.5 Å². The summed E-state index contributed by atoms with van der Waals surface area (Å²) in [6, 6.07) is 28.7. The fraction of sp³-hybridized carbons (Fsp3) is 0. The van der Waals surface area contributed by atoms with E-state index in [4.69, 9.17) is 4.99 Å². The third-order valence-electron chi connectivity index (χ3n) is 3.90. The Kier molecular flexibility index (Phi) is 3.49. The lowest BCUT2D eigenvalue weighted by molar-refractivity contribution is 1.34. The van der Waals surface area contributed by atoms with Crippen molar-refractivity contribution in [2.45, 2.75) is 0 Å². The van der Waals surface area contributed by atoms with Gasteiger partial charge in [0.2, 0.25) is 0 Å². The molecule has 110 valence electrons. The van der Waals surface area contributed by atoms with Crippen LogP contribution in [0.15, 0.2) is 96.1 Å². The van der Waals surface area contributed by atoms with Crippen LogP contribution in [0.5, 0.6) is 0 Å². The van der Waals surface area contributed by atoms with E-state index in [1.165, 1.54) is 16.5 Å². The van der Waals surface area contributed by atoms with Crippen LogP contribution in [0, 0.1) is 0 Å². The normalized spacial score (nSPS) is 11.7. The molecule has 0 aliphatic carbocycles. The number of rotatable bonds is 2. The van der Waals surface area contributed by atoms with Crippen molar-refractivity contribution in [1.29, 1.82) is 0 Å². The highest BCUT2D eigenvalue weighted by atomic mass is 14.8. The number of para-hydroxylation sites is 1. The van der Waals surface area contributed by atoms with Gasteiger partial charge in [-0.3, -0.25) is 0 Å². The van der Waals surface area contributed by atoms with Crippen molar-refractivity contribution in [3.8, 4) is 11.1 Å². The molecule has 1 N–H and O–H groups in total. The first-order chi connectivity index (χ1) is 11.4. The molecule has 3 aromatic carbocycles. The number of nitrogens with zero attached hydrogens (tertiary/aromatic N) is 1. The topological polar surface area (TPSA) is 28.1 Å². The third-order valence-corrected chi connectivity index (χ3v) is 3.90. The molecule has 4 rings (SSSR count). The van der Waals surface area contributed by atoms with E-state index in [2.05, 4.69) is 47.6 Å². The Bertz CT molecular complexity index is 1000. The van der Waals surface area contributed by atoms with E-state index < -0.39 is 0 Å². The highest BCUT2D eigenvalue weighted by Crippen LogP contribution is 2.26. The number of fused-ring (bicyclic) bond motifs is 1. The maximum absolute atomic E-state index is 4.79. The summed E-state index contributed by atoms with van der Waals surface area (Å²) >= 11 is 0. The molecule has 2 heteroatoms. The summed E-state index contributed by atoms with van der Waals surface area (Å²) in [6.07, 6.45) is 2.06. The lowest BCUT2D eigenvalue weighted by Crippen LogP contribution is -1.98. The van der Waals surface area contributed by atoms with Crippen LogP contribution in [-0.2, 0) is 0 Å². The number of benzene rings is 2. The van der Waals surface area contributed by atoms with Crippen molar-refractivity contribution >= 4 is 16.6 Å². The molecular weight excluding hydrogens is 280 g/mol. The number of aromatic nitrogens is 1. The first-order valence-electron chi connectivity index (χ1n) is 7.67. The fourth-order valence-electron chi connectivity index (χ4n) is 2.79. The molecule has 0 radical (unpaired) electrons. The maximum Gasteiger partial charge on any atom is 0.0877 e. The van der Waals surface area contributed by atoms with E-state index >= 15 is 0 Å². The van der Waals surface area contributed by atoms with Crippen molar-refractivity contribution in [3.63, 3.8) is 0 Å². The highest BCUT2D eigenvalue weighted by molar-refractivity contribution is 5.94. The maximum atomic E-state index is 4.79. The van der Waals surface area contributed by atoms with Gasteiger partial charge in [-0.15, -0.1) is 0 Å². The molecule has 0 bridgehead atoms. The molecule has 0 saturated carbocycles. The molecule has 0 aliphatic rings. The van der Waals surface area contributed by atoms with Gasteiger partial charge < -0.3 is 4.98 Å². The average Bonchev–Trinajstić information content (AvgIpc) is 2.93. The van der Waals surface area contributed by atoms with Crippen LogP contribution in [-0.4, -0.2) is 4.98 Å². The minimum atomic E-state index is 0.943. The predicted molar refractivity (Wildman–Crippen MR) is 95.4 cm³/mol. The first-order valence-corrected chi connectivity index (χ1v) is 7.67. The Labute approximate surface area is 134 Å². The van der Waals surface area contributed by atoms with Gasteiger partial charge in [0.15, 0.2) is 0 Å². The van der Waals surface area contributed by atoms with Gasteiger partial charge in [-0.1, -0.05) is 66.7 Å². The van der Waals surface area contributed by atoms with E-state index in [0.717, 1.165) is 16.6 Å². The van der Waals surface area contributed by atoms with E-state index in [9.17, 15) is 0 Å². The zero-order valence-electron chi connectivity index (χ0n) is 12.6. The van der Waals surface area contributed by atoms with Crippen LogP contribution in [0.25, 0.3) is 22.0 Å². The minimum Gasteiger partial charge on any atom is -0.359 e. The van der Waals surface area contributed by atoms with Gasteiger partial charge in [-0.25, -0.2) is 4.99 Å². The number of hydrogen-bond acceptors (Lipinski definition) is 1. The summed E-state index contributed by atoms with van der Waals surface area (Å²) in [5.41, 5.74) is 4.41. The lowest BCUT2D eigenvalue weighted by Gasteiger charge is -1.97. The van der Waals surface area contributed by atoms with Gasteiger partial charge in [-0.2, -0.15) is 0 Å². The fourth-order valence-corrected chi connectivity index (χ4v) is 2.79. The first kappa shape index (κ1) is 13.5. The van der Waals surface area contributed by atoms with E-state index in [1.807, 2.05) is 48.5 Å². The smallest absolute Gasteiger partial charge is 0.0877 e. The second-order valence-electron chi connectivity index (χ2n) is 5.41. The molecule has 0 aliphatic heterocycles. The summed E-state index contributed by atoms with van der Waals surface area (Å²) in [4.78, 5) is 8.19. The van der Waals surface area contributed by atoms with Gasteiger partial charge >= 0.3 is 0 Å². The number of hydrogen-bond donors (Lipinski definition) is 1. The Morgan fingerprint density at radius 2 is 1.30 bits per heavy atom. The Morgan fingerprint density at radius 3 is 2.09 bits per heavy atom. The van der Waals surface area contributed by atoms with Gasteiger partial charge in [-0.05, 0) is 23.8 Å². The highest BCUT2D eigenvalue weighted by Gasteiger charge is 2.05. The van der Waals surface area contributed by atoms with Gasteiger partial charge in [0, 0.05) is 17.1 Å². The molecule has 0 spiro atoms. The lowest BCUT2D eigenvalue weighted by atomic mass is 10.1. The molecule has 1 aromatic heterocycles. The summed E-state index contributed by atoms with van der Waals surface area (Å²) in [5.74, 6) is 0. The second kappa shape index (κ2) is 5.93. The summed E-state index contributed by atoms with van der Waals surface area (Å²) in [6.45, 7) is 0. The zero-order chi connectivity index (χ0) is 15.5. The van der Waals surface area contributed by atoms with Crippen LogP contribution in [0.2, 0.25) is 0 Å². The molecule has 23 heavy (non-hydrogen) atoms. The SMILES string of the molecule is c1ccc(N=c2ccccc3c(-c4ccccc4)c[nH]c23)cc1. The number of H-pyrrole nitrogens is 1. The molecule has 2 nitrogen and oxygen atoms in total. The molecule has 0 unspecified atom stereocenters. The molecule has 4 aromatic rings. The standard InChI is InChI=1S/C21H16N2/c1-3-9-16(10-4-1)19-15-22-21-18(19)13-7-8-14-20(21)23-17-11-5-2-6-12-17/h1-15,22H. The number of nitrogens with one attached hydrogen (secondary N) is 1. The summed E-state index contributed by atoms with van der Waals surface area (Å²) in [7, 11) is 0. The summed E-state index contributed by atoms with van der Waals surface area (Å²) in [5, 5.41) is 2.12. The van der Waals surface area contributed by atoms with Crippen LogP contribution in [0.1, 0.15) is 0 Å². The Hall–Kier alpha value is -3.13. The average molecular weight is 296 g/mol. The van der Waals surface area contributed by atoms with Crippen molar-refractivity contribution < 1.29 is 0 Å². The van der Waals surface area contributed by atoms with Gasteiger partial charge in [0.1, 0.15) is 0 Å². The number of aromatic amines is 1. The van der Waals surface area contributed by atoms with Crippen molar-refractivity contribution in [2.24, 2.45) is 4.99 Å². The molecule has 0 atom stereocenters. The second-order valence-corrected chi connectivity index (χ2v) is 5.41.